The van der Waals surface area contributed by atoms with Gasteiger partial charge in [-0.25, -0.2) is 8.78 Å². The van der Waals surface area contributed by atoms with E-state index < -0.39 is 23.6 Å². The Morgan fingerprint density at radius 1 is 1.13 bits per heavy atom. The van der Waals surface area contributed by atoms with Gasteiger partial charge in [0, 0.05) is 45.1 Å². The SMILES string of the molecule is CN1CC(C(=O)N2CCNC(=O)C2Cc2ccc(-c3cccc(F)c3F)cc2)CC1=O. The molecule has 162 valence electrons. The van der Waals surface area contributed by atoms with Crippen molar-refractivity contribution < 1.29 is 23.2 Å². The molecule has 0 spiro atoms. The summed E-state index contributed by atoms with van der Waals surface area (Å²) in [4.78, 5) is 40.5. The predicted octanol–water partition coefficient (Wildman–Crippen LogP) is 1.98. The molecule has 3 amide bonds. The van der Waals surface area contributed by atoms with Crippen LogP contribution in [0, 0.1) is 17.6 Å². The van der Waals surface area contributed by atoms with Gasteiger partial charge in [0.2, 0.25) is 17.7 Å². The van der Waals surface area contributed by atoms with E-state index in [0.717, 1.165) is 11.6 Å². The first-order valence-electron chi connectivity index (χ1n) is 10.2. The van der Waals surface area contributed by atoms with Crippen LogP contribution in [-0.2, 0) is 20.8 Å². The van der Waals surface area contributed by atoms with Crippen LogP contribution in [0.3, 0.4) is 0 Å². The number of hydrogen-bond acceptors (Lipinski definition) is 3. The summed E-state index contributed by atoms with van der Waals surface area (Å²) in [5.74, 6) is -2.75. The first-order chi connectivity index (χ1) is 14.8. The molecule has 2 aromatic rings. The molecule has 0 aromatic heterocycles. The normalized spacial score (nSPS) is 21.4. The van der Waals surface area contributed by atoms with Gasteiger partial charge in [-0.2, -0.15) is 0 Å². The summed E-state index contributed by atoms with van der Waals surface area (Å²) in [7, 11) is 1.67. The van der Waals surface area contributed by atoms with E-state index in [1.807, 2.05) is 0 Å². The largest absolute Gasteiger partial charge is 0.353 e. The minimum atomic E-state index is -0.911. The van der Waals surface area contributed by atoms with Crippen molar-refractivity contribution in [3.8, 4) is 11.1 Å². The third-order valence-electron chi connectivity index (χ3n) is 5.95. The summed E-state index contributed by atoms with van der Waals surface area (Å²) in [6, 6.07) is 10.2. The van der Waals surface area contributed by atoms with Crippen LogP contribution < -0.4 is 5.32 Å². The Balaban J connectivity index is 1.52. The van der Waals surface area contributed by atoms with Crippen LogP contribution in [0.4, 0.5) is 8.78 Å². The number of nitrogens with one attached hydrogen (secondary N) is 1. The number of carbonyl (C=O) groups excluding carboxylic acids is 3. The zero-order valence-electron chi connectivity index (χ0n) is 17.1. The molecule has 1 N–H and O–H groups in total. The molecular weight excluding hydrogens is 404 g/mol. The Hall–Kier alpha value is -3.29. The highest BCUT2D eigenvalue weighted by Crippen LogP contribution is 2.26. The van der Waals surface area contributed by atoms with Gasteiger partial charge in [0.15, 0.2) is 11.6 Å². The van der Waals surface area contributed by atoms with Crippen LogP contribution in [0.5, 0.6) is 0 Å². The second kappa shape index (κ2) is 8.45. The van der Waals surface area contributed by atoms with Crippen molar-refractivity contribution in [2.75, 3.05) is 26.7 Å². The maximum absolute atomic E-state index is 14.1. The summed E-state index contributed by atoms with van der Waals surface area (Å²) in [6.07, 6.45) is 0.452. The van der Waals surface area contributed by atoms with Crippen LogP contribution in [-0.4, -0.2) is 60.2 Å². The Labute approximate surface area is 178 Å². The molecule has 2 fully saturated rings. The van der Waals surface area contributed by atoms with E-state index in [1.165, 1.54) is 17.0 Å². The van der Waals surface area contributed by atoms with Crippen molar-refractivity contribution in [3.05, 3.63) is 59.7 Å². The minimum absolute atomic E-state index is 0.0727. The highest BCUT2D eigenvalue weighted by Gasteiger charge is 2.40. The van der Waals surface area contributed by atoms with Crippen LogP contribution in [0.2, 0.25) is 0 Å². The van der Waals surface area contributed by atoms with Gasteiger partial charge in [-0.1, -0.05) is 36.4 Å². The standard InChI is InChI=1S/C23H23F2N3O3/c1-27-13-16(12-20(27)29)23(31)28-10-9-26-22(30)19(28)11-14-5-7-15(8-6-14)17-3-2-4-18(24)21(17)25/h2-8,16,19H,9-13H2,1H3,(H,26,30). The third-order valence-corrected chi connectivity index (χ3v) is 5.95. The molecule has 0 radical (unpaired) electrons. The van der Waals surface area contributed by atoms with Gasteiger partial charge in [-0.05, 0) is 17.2 Å². The Morgan fingerprint density at radius 3 is 2.55 bits per heavy atom. The quantitative estimate of drug-likeness (QED) is 0.811. The third kappa shape index (κ3) is 4.15. The van der Waals surface area contributed by atoms with Crippen molar-refractivity contribution in [2.45, 2.75) is 18.9 Å². The molecule has 2 unspecified atom stereocenters. The molecule has 0 bridgehead atoms. The number of amides is 3. The van der Waals surface area contributed by atoms with E-state index in [0.29, 0.717) is 31.6 Å². The lowest BCUT2D eigenvalue weighted by Crippen LogP contribution is -2.59. The molecular formula is C23H23F2N3O3. The maximum Gasteiger partial charge on any atom is 0.243 e. The molecule has 2 saturated heterocycles. The molecule has 8 heteroatoms. The molecule has 31 heavy (non-hydrogen) atoms. The van der Waals surface area contributed by atoms with Crippen molar-refractivity contribution >= 4 is 17.7 Å². The lowest BCUT2D eigenvalue weighted by molar-refractivity contribution is -0.146. The molecule has 2 atom stereocenters. The van der Waals surface area contributed by atoms with Crippen LogP contribution >= 0.6 is 0 Å². The zero-order chi connectivity index (χ0) is 22.1. The van der Waals surface area contributed by atoms with Crippen LogP contribution in [0.1, 0.15) is 12.0 Å². The second-order valence-corrected chi connectivity index (χ2v) is 8.02. The van der Waals surface area contributed by atoms with E-state index in [2.05, 4.69) is 5.32 Å². The van der Waals surface area contributed by atoms with Crippen molar-refractivity contribution in [1.29, 1.82) is 0 Å². The van der Waals surface area contributed by atoms with E-state index in [1.54, 1.807) is 36.2 Å². The van der Waals surface area contributed by atoms with Crippen molar-refractivity contribution in [2.24, 2.45) is 5.92 Å². The predicted molar refractivity (Wildman–Crippen MR) is 110 cm³/mol. The maximum atomic E-state index is 14.1. The fraction of sp³-hybridized carbons (Fsp3) is 0.348. The highest BCUT2D eigenvalue weighted by molar-refractivity contribution is 5.93. The molecule has 2 aliphatic heterocycles. The van der Waals surface area contributed by atoms with E-state index in [4.69, 9.17) is 0 Å². The summed E-state index contributed by atoms with van der Waals surface area (Å²) in [6.45, 7) is 1.11. The Kier molecular flexibility index (Phi) is 5.71. The van der Waals surface area contributed by atoms with Gasteiger partial charge < -0.3 is 15.1 Å². The number of likely N-dealkylation sites (tertiary alicyclic amines) is 1. The zero-order valence-corrected chi connectivity index (χ0v) is 17.1. The summed E-state index contributed by atoms with van der Waals surface area (Å²) in [5.41, 5.74) is 1.48. The number of piperazine rings is 1. The fourth-order valence-corrected chi connectivity index (χ4v) is 4.22. The van der Waals surface area contributed by atoms with Crippen LogP contribution in [0.15, 0.2) is 42.5 Å². The Morgan fingerprint density at radius 2 is 1.87 bits per heavy atom. The van der Waals surface area contributed by atoms with Crippen molar-refractivity contribution in [1.82, 2.24) is 15.1 Å². The average molecular weight is 427 g/mol. The van der Waals surface area contributed by atoms with E-state index in [-0.39, 0.29) is 29.7 Å². The van der Waals surface area contributed by atoms with Crippen molar-refractivity contribution in [3.63, 3.8) is 0 Å². The molecule has 0 aliphatic carbocycles. The second-order valence-electron chi connectivity index (χ2n) is 8.02. The number of benzene rings is 2. The number of halogens is 2. The molecule has 2 aromatic carbocycles. The highest BCUT2D eigenvalue weighted by atomic mass is 19.2. The number of nitrogens with zero attached hydrogens (tertiary/aromatic N) is 2. The van der Waals surface area contributed by atoms with Gasteiger partial charge in [-0.3, -0.25) is 14.4 Å². The molecule has 4 rings (SSSR count). The van der Waals surface area contributed by atoms with Gasteiger partial charge in [0.1, 0.15) is 6.04 Å². The van der Waals surface area contributed by atoms with Gasteiger partial charge in [-0.15, -0.1) is 0 Å². The van der Waals surface area contributed by atoms with E-state index in [9.17, 15) is 23.2 Å². The smallest absolute Gasteiger partial charge is 0.243 e. The number of hydrogen-bond donors (Lipinski definition) is 1. The average Bonchev–Trinajstić information content (AvgIpc) is 3.10. The molecule has 2 heterocycles. The number of rotatable bonds is 4. The summed E-state index contributed by atoms with van der Waals surface area (Å²) in [5, 5.41) is 2.79. The first kappa shape index (κ1) is 21.0. The topological polar surface area (TPSA) is 69.7 Å². The first-order valence-corrected chi connectivity index (χ1v) is 10.2. The number of carbonyl (C=O) groups is 3. The summed E-state index contributed by atoms with van der Waals surface area (Å²) >= 11 is 0. The monoisotopic (exact) mass is 427 g/mol. The fourth-order valence-electron chi connectivity index (χ4n) is 4.22. The summed E-state index contributed by atoms with van der Waals surface area (Å²) < 4.78 is 27.6. The lowest BCUT2D eigenvalue weighted by Gasteiger charge is -2.36. The molecule has 6 nitrogen and oxygen atoms in total. The molecule has 2 aliphatic rings. The Bertz CT molecular complexity index is 1030. The van der Waals surface area contributed by atoms with Gasteiger partial charge in [0.25, 0.3) is 0 Å². The van der Waals surface area contributed by atoms with Gasteiger partial charge >= 0.3 is 0 Å². The van der Waals surface area contributed by atoms with E-state index >= 15 is 0 Å². The molecule has 0 saturated carbocycles. The lowest BCUT2D eigenvalue weighted by atomic mass is 9.97. The minimum Gasteiger partial charge on any atom is -0.353 e. The van der Waals surface area contributed by atoms with Crippen LogP contribution in [0.25, 0.3) is 11.1 Å². The van der Waals surface area contributed by atoms with Gasteiger partial charge in [0.05, 0.1) is 5.92 Å².